The number of nitrogens with one attached hydrogen (secondary N) is 1. The topological polar surface area (TPSA) is 88.1 Å². The average Bonchev–Trinajstić information content (AvgIpc) is 2.73. The van der Waals surface area contributed by atoms with Crippen LogP contribution in [0.15, 0.2) is 48.5 Å². The van der Waals surface area contributed by atoms with Gasteiger partial charge in [0.25, 0.3) is 11.8 Å². The van der Waals surface area contributed by atoms with E-state index in [4.69, 9.17) is 9.47 Å². The number of benzene rings is 2. The SMILES string of the molecule is COc1ccccc1OCC(=O)NC1CCN(C(=O)c2ccccc2O)CC1. The Morgan fingerprint density at radius 2 is 1.71 bits per heavy atom. The third-order valence-corrected chi connectivity index (χ3v) is 4.71. The summed E-state index contributed by atoms with van der Waals surface area (Å²) in [6.07, 6.45) is 1.31. The normalized spacial score (nSPS) is 14.4. The fourth-order valence-corrected chi connectivity index (χ4v) is 3.20. The number of hydrogen-bond acceptors (Lipinski definition) is 5. The molecule has 0 saturated carbocycles. The second-order valence-corrected chi connectivity index (χ2v) is 6.59. The van der Waals surface area contributed by atoms with Gasteiger partial charge in [-0.15, -0.1) is 0 Å². The lowest BCUT2D eigenvalue weighted by atomic mass is 10.0. The summed E-state index contributed by atoms with van der Waals surface area (Å²) < 4.78 is 10.7. The minimum Gasteiger partial charge on any atom is -0.507 e. The van der Waals surface area contributed by atoms with E-state index in [2.05, 4.69) is 5.32 Å². The molecule has 0 unspecified atom stereocenters. The Kier molecular flexibility index (Phi) is 6.37. The smallest absolute Gasteiger partial charge is 0.258 e. The van der Waals surface area contributed by atoms with Crippen LogP contribution in [0.5, 0.6) is 17.2 Å². The zero-order valence-electron chi connectivity index (χ0n) is 15.8. The Labute approximate surface area is 163 Å². The maximum absolute atomic E-state index is 12.5. The first-order valence-electron chi connectivity index (χ1n) is 9.21. The highest BCUT2D eigenvalue weighted by molar-refractivity contribution is 5.96. The van der Waals surface area contributed by atoms with Crippen LogP contribution >= 0.6 is 0 Å². The van der Waals surface area contributed by atoms with Crippen LogP contribution in [0.3, 0.4) is 0 Å². The van der Waals surface area contributed by atoms with Crippen molar-refractivity contribution in [1.29, 1.82) is 0 Å². The molecular weight excluding hydrogens is 360 g/mol. The van der Waals surface area contributed by atoms with Crippen LogP contribution < -0.4 is 14.8 Å². The van der Waals surface area contributed by atoms with Gasteiger partial charge in [-0.05, 0) is 37.1 Å². The minimum atomic E-state index is -0.212. The molecule has 1 aliphatic rings. The molecule has 0 aliphatic carbocycles. The van der Waals surface area contributed by atoms with Crippen LogP contribution in [0.4, 0.5) is 0 Å². The summed E-state index contributed by atoms with van der Waals surface area (Å²) in [6, 6.07) is 13.7. The lowest BCUT2D eigenvalue weighted by Crippen LogP contribution is -2.47. The van der Waals surface area contributed by atoms with Crippen molar-refractivity contribution < 1.29 is 24.2 Å². The molecule has 7 nitrogen and oxygen atoms in total. The molecule has 148 valence electrons. The van der Waals surface area contributed by atoms with E-state index < -0.39 is 0 Å². The molecule has 1 fully saturated rings. The number of phenolic OH excluding ortho intramolecular Hbond substituents is 1. The van der Waals surface area contributed by atoms with Crippen molar-refractivity contribution in [3.8, 4) is 17.2 Å². The summed E-state index contributed by atoms with van der Waals surface area (Å²) in [5.74, 6) is 0.671. The summed E-state index contributed by atoms with van der Waals surface area (Å²) in [5, 5.41) is 12.8. The first-order chi connectivity index (χ1) is 13.6. The highest BCUT2D eigenvalue weighted by Crippen LogP contribution is 2.25. The lowest BCUT2D eigenvalue weighted by molar-refractivity contribution is -0.124. The summed E-state index contributed by atoms with van der Waals surface area (Å²) >= 11 is 0. The van der Waals surface area contributed by atoms with E-state index in [-0.39, 0.29) is 30.2 Å². The predicted octanol–water partition coefficient (Wildman–Crippen LogP) is 2.20. The van der Waals surface area contributed by atoms with Gasteiger partial charge in [0.05, 0.1) is 12.7 Å². The number of rotatable bonds is 6. The molecule has 0 aromatic heterocycles. The Bertz CT molecular complexity index is 831. The maximum Gasteiger partial charge on any atom is 0.258 e. The molecule has 2 amide bonds. The molecule has 0 radical (unpaired) electrons. The fourth-order valence-electron chi connectivity index (χ4n) is 3.20. The van der Waals surface area contributed by atoms with Gasteiger partial charge in [-0.1, -0.05) is 24.3 Å². The lowest BCUT2D eigenvalue weighted by Gasteiger charge is -2.32. The number of methoxy groups -OCH3 is 1. The molecule has 1 heterocycles. The number of carbonyl (C=O) groups is 2. The van der Waals surface area contributed by atoms with Crippen LogP contribution in [-0.4, -0.2) is 54.7 Å². The van der Waals surface area contributed by atoms with Crippen LogP contribution in [-0.2, 0) is 4.79 Å². The van der Waals surface area contributed by atoms with Gasteiger partial charge in [-0.2, -0.15) is 0 Å². The van der Waals surface area contributed by atoms with Gasteiger partial charge in [-0.3, -0.25) is 9.59 Å². The number of likely N-dealkylation sites (tertiary alicyclic amines) is 1. The van der Waals surface area contributed by atoms with Crippen LogP contribution in [0.2, 0.25) is 0 Å². The van der Waals surface area contributed by atoms with Gasteiger partial charge in [0.1, 0.15) is 5.75 Å². The highest BCUT2D eigenvalue weighted by atomic mass is 16.5. The Morgan fingerprint density at radius 1 is 1.07 bits per heavy atom. The molecule has 2 aromatic rings. The van der Waals surface area contributed by atoms with Crippen molar-refractivity contribution in [3.05, 3.63) is 54.1 Å². The Balaban J connectivity index is 1.46. The molecule has 1 saturated heterocycles. The zero-order valence-corrected chi connectivity index (χ0v) is 15.8. The van der Waals surface area contributed by atoms with E-state index in [0.29, 0.717) is 43.0 Å². The summed E-state index contributed by atoms with van der Waals surface area (Å²) in [4.78, 5) is 26.4. The van der Waals surface area contributed by atoms with E-state index >= 15 is 0 Å². The Hall–Kier alpha value is -3.22. The van der Waals surface area contributed by atoms with Gasteiger partial charge in [-0.25, -0.2) is 0 Å². The minimum absolute atomic E-state index is 0.0119. The molecule has 2 N–H and O–H groups in total. The fraction of sp³-hybridized carbons (Fsp3) is 0.333. The number of para-hydroxylation sites is 3. The first-order valence-corrected chi connectivity index (χ1v) is 9.21. The van der Waals surface area contributed by atoms with Crippen molar-refractivity contribution >= 4 is 11.8 Å². The van der Waals surface area contributed by atoms with E-state index in [9.17, 15) is 14.7 Å². The van der Waals surface area contributed by atoms with Crippen molar-refractivity contribution in [2.24, 2.45) is 0 Å². The van der Waals surface area contributed by atoms with Crippen LogP contribution in [0, 0.1) is 0 Å². The van der Waals surface area contributed by atoms with Gasteiger partial charge in [0.15, 0.2) is 18.1 Å². The molecule has 0 atom stereocenters. The van der Waals surface area contributed by atoms with E-state index in [1.807, 2.05) is 12.1 Å². The average molecular weight is 384 g/mol. The molecule has 28 heavy (non-hydrogen) atoms. The molecule has 3 rings (SSSR count). The van der Waals surface area contributed by atoms with Crippen molar-refractivity contribution in [2.75, 3.05) is 26.8 Å². The van der Waals surface area contributed by atoms with Crippen molar-refractivity contribution in [2.45, 2.75) is 18.9 Å². The van der Waals surface area contributed by atoms with Gasteiger partial charge in [0.2, 0.25) is 0 Å². The molecule has 2 aromatic carbocycles. The molecule has 0 bridgehead atoms. The van der Waals surface area contributed by atoms with Gasteiger partial charge < -0.3 is 24.8 Å². The third-order valence-electron chi connectivity index (χ3n) is 4.71. The third kappa shape index (κ3) is 4.73. The van der Waals surface area contributed by atoms with Crippen LogP contribution in [0.25, 0.3) is 0 Å². The quantitative estimate of drug-likeness (QED) is 0.797. The standard InChI is InChI=1S/C21H24N2O5/c1-27-18-8-4-5-9-19(18)28-14-20(25)22-15-10-12-23(13-11-15)21(26)16-6-2-3-7-17(16)24/h2-9,15,24H,10-14H2,1H3,(H,22,25). The molecular formula is C21H24N2O5. The van der Waals surface area contributed by atoms with E-state index in [1.54, 1.807) is 42.3 Å². The molecule has 1 aliphatic heterocycles. The van der Waals surface area contributed by atoms with Crippen LogP contribution in [0.1, 0.15) is 23.2 Å². The number of nitrogens with zero attached hydrogens (tertiary/aromatic N) is 1. The zero-order chi connectivity index (χ0) is 19.9. The summed E-state index contributed by atoms with van der Waals surface area (Å²) in [5.41, 5.74) is 0.301. The van der Waals surface area contributed by atoms with Gasteiger partial charge in [0, 0.05) is 19.1 Å². The molecule has 0 spiro atoms. The largest absolute Gasteiger partial charge is 0.507 e. The maximum atomic E-state index is 12.5. The first kappa shape index (κ1) is 19.5. The summed E-state index contributed by atoms with van der Waals surface area (Å²) in [6.45, 7) is 0.939. The second-order valence-electron chi connectivity index (χ2n) is 6.59. The number of phenols is 1. The van der Waals surface area contributed by atoms with Crippen molar-refractivity contribution in [1.82, 2.24) is 10.2 Å². The van der Waals surface area contributed by atoms with E-state index in [0.717, 1.165) is 0 Å². The Morgan fingerprint density at radius 3 is 2.39 bits per heavy atom. The highest BCUT2D eigenvalue weighted by Gasteiger charge is 2.25. The van der Waals surface area contributed by atoms with E-state index in [1.165, 1.54) is 6.07 Å². The number of aromatic hydroxyl groups is 1. The predicted molar refractivity (Wildman–Crippen MR) is 104 cm³/mol. The van der Waals surface area contributed by atoms with Gasteiger partial charge >= 0.3 is 0 Å². The number of ether oxygens (including phenoxy) is 2. The summed E-state index contributed by atoms with van der Waals surface area (Å²) in [7, 11) is 1.55. The number of amides is 2. The molecule has 7 heteroatoms. The monoisotopic (exact) mass is 384 g/mol. The number of piperidine rings is 1. The second kappa shape index (κ2) is 9.12. The number of carbonyl (C=O) groups excluding carboxylic acids is 2. The number of hydrogen-bond donors (Lipinski definition) is 2. The van der Waals surface area contributed by atoms with Crippen molar-refractivity contribution in [3.63, 3.8) is 0 Å².